The molecule has 0 spiro atoms. The van der Waals surface area contributed by atoms with Crippen molar-refractivity contribution in [3.8, 4) is 23.0 Å². The molecule has 198 valence electrons. The van der Waals surface area contributed by atoms with Gasteiger partial charge < -0.3 is 23.8 Å². The number of anilines is 2. The zero-order valence-corrected chi connectivity index (χ0v) is 22.2. The summed E-state index contributed by atoms with van der Waals surface area (Å²) in [5.41, 5.74) is 1.43. The van der Waals surface area contributed by atoms with Crippen LogP contribution < -0.4 is 28.6 Å². The van der Waals surface area contributed by atoms with E-state index < -0.39 is 10.0 Å². The quantitative estimate of drug-likeness (QED) is 0.425. The third kappa shape index (κ3) is 6.00. The molecular weight excluding hydrogens is 496 g/mol. The van der Waals surface area contributed by atoms with Crippen LogP contribution in [0, 0.1) is 0 Å². The number of rotatable bonds is 10. The highest BCUT2D eigenvalue weighted by Crippen LogP contribution is 2.40. The number of aromatic nitrogens is 1. The summed E-state index contributed by atoms with van der Waals surface area (Å²) >= 11 is 0. The zero-order valence-electron chi connectivity index (χ0n) is 21.4. The summed E-state index contributed by atoms with van der Waals surface area (Å²) in [5.74, 6) is 3.30. The Morgan fingerprint density at radius 1 is 0.811 bits per heavy atom. The minimum atomic E-state index is -3.72. The van der Waals surface area contributed by atoms with Gasteiger partial charge in [0.05, 0.1) is 45.2 Å². The van der Waals surface area contributed by atoms with Gasteiger partial charge in [-0.1, -0.05) is 6.07 Å². The second kappa shape index (κ2) is 11.6. The number of sulfonamides is 1. The Hall–Kier alpha value is -3.70. The SMILES string of the molecule is COc1ccc(S(=O)(=O)Nc2ccc(N3CCN(Cc4ccc(OC)c(OC)c4OC)CC3)nc2)cc1. The lowest BCUT2D eigenvalue weighted by molar-refractivity contribution is 0.243. The first-order valence-corrected chi connectivity index (χ1v) is 13.2. The smallest absolute Gasteiger partial charge is 0.261 e. The van der Waals surface area contributed by atoms with Crippen LogP contribution in [0.25, 0.3) is 0 Å². The Balaban J connectivity index is 1.36. The molecule has 3 aromatic rings. The maximum absolute atomic E-state index is 12.7. The number of hydrogen-bond donors (Lipinski definition) is 1. The number of ether oxygens (including phenoxy) is 4. The Labute approximate surface area is 217 Å². The minimum Gasteiger partial charge on any atom is -0.497 e. The fraction of sp³-hybridized carbons (Fsp3) is 0.346. The van der Waals surface area contributed by atoms with E-state index in [1.807, 2.05) is 18.2 Å². The maximum Gasteiger partial charge on any atom is 0.261 e. The summed E-state index contributed by atoms with van der Waals surface area (Å²) in [6.07, 6.45) is 1.54. The highest BCUT2D eigenvalue weighted by molar-refractivity contribution is 7.92. The van der Waals surface area contributed by atoms with E-state index in [9.17, 15) is 8.42 Å². The highest BCUT2D eigenvalue weighted by atomic mass is 32.2. The van der Waals surface area contributed by atoms with Gasteiger partial charge in [-0.25, -0.2) is 13.4 Å². The van der Waals surface area contributed by atoms with Gasteiger partial charge in [-0.3, -0.25) is 9.62 Å². The van der Waals surface area contributed by atoms with Crippen LogP contribution in [0.2, 0.25) is 0 Å². The van der Waals surface area contributed by atoms with Crippen molar-refractivity contribution in [2.45, 2.75) is 11.4 Å². The lowest BCUT2D eigenvalue weighted by atomic mass is 10.1. The van der Waals surface area contributed by atoms with Gasteiger partial charge >= 0.3 is 0 Å². The zero-order chi connectivity index (χ0) is 26.4. The standard InChI is InChI=1S/C26H32N4O6S/c1-33-21-7-9-22(10-8-21)37(31,32)28-20-6-12-24(27-17-20)30-15-13-29(14-16-30)18-19-5-11-23(34-2)26(36-4)25(19)35-3/h5-12,17,28H,13-16,18H2,1-4H3. The van der Waals surface area contributed by atoms with Gasteiger partial charge in [-0.05, 0) is 42.5 Å². The summed E-state index contributed by atoms with van der Waals surface area (Å²) in [5, 5.41) is 0. The second-order valence-corrected chi connectivity index (χ2v) is 10.1. The number of hydrogen-bond acceptors (Lipinski definition) is 9. The summed E-state index contributed by atoms with van der Waals surface area (Å²) in [4.78, 5) is 9.18. The lowest BCUT2D eigenvalue weighted by Gasteiger charge is -2.35. The van der Waals surface area contributed by atoms with Gasteiger partial charge in [-0.2, -0.15) is 0 Å². The second-order valence-electron chi connectivity index (χ2n) is 8.44. The molecule has 1 fully saturated rings. The van der Waals surface area contributed by atoms with Crippen LogP contribution in [0.15, 0.2) is 59.6 Å². The number of piperazine rings is 1. The molecular formula is C26H32N4O6S. The van der Waals surface area contributed by atoms with Gasteiger partial charge in [-0.15, -0.1) is 0 Å². The number of benzene rings is 2. The molecule has 2 aromatic carbocycles. The van der Waals surface area contributed by atoms with Crippen LogP contribution in [-0.4, -0.2) is 72.9 Å². The Morgan fingerprint density at radius 3 is 2.08 bits per heavy atom. The van der Waals surface area contributed by atoms with E-state index in [1.54, 1.807) is 39.5 Å². The van der Waals surface area contributed by atoms with Crippen molar-refractivity contribution in [3.63, 3.8) is 0 Å². The molecule has 11 heteroatoms. The molecule has 1 aromatic heterocycles. The number of methoxy groups -OCH3 is 4. The Bertz CT molecular complexity index is 1290. The predicted octanol–water partition coefficient (Wildman–Crippen LogP) is 3.24. The molecule has 1 aliphatic heterocycles. The van der Waals surface area contributed by atoms with E-state index >= 15 is 0 Å². The Morgan fingerprint density at radius 2 is 1.51 bits per heavy atom. The van der Waals surface area contributed by atoms with E-state index in [-0.39, 0.29) is 4.90 Å². The summed E-state index contributed by atoms with van der Waals surface area (Å²) < 4.78 is 49.5. The molecule has 1 N–H and O–H groups in total. The molecule has 4 rings (SSSR count). The van der Waals surface area contributed by atoms with E-state index in [4.69, 9.17) is 18.9 Å². The van der Waals surface area contributed by atoms with E-state index in [0.29, 0.717) is 28.7 Å². The van der Waals surface area contributed by atoms with Crippen LogP contribution in [-0.2, 0) is 16.6 Å². The number of nitrogens with one attached hydrogen (secondary N) is 1. The molecule has 0 saturated carbocycles. The monoisotopic (exact) mass is 528 g/mol. The van der Waals surface area contributed by atoms with Gasteiger partial charge in [0, 0.05) is 38.3 Å². The van der Waals surface area contributed by atoms with E-state index in [1.165, 1.54) is 25.4 Å². The maximum atomic E-state index is 12.7. The average molecular weight is 529 g/mol. The fourth-order valence-corrected chi connectivity index (χ4v) is 5.31. The third-order valence-corrected chi connectivity index (χ3v) is 7.64. The van der Waals surface area contributed by atoms with Crippen LogP contribution in [0.3, 0.4) is 0 Å². The first-order chi connectivity index (χ1) is 17.9. The van der Waals surface area contributed by atoms with Gasteiger partial charge in [0.1, 0.15) is 11.6 Å². The molecule has 10 nitrogen and oxygen atoms in total. The molecule has 1 aliphatic rings. The van der Waals surface area contributed by atoms with Gasteiger partial charge in [0.2, 0.25) is 5.75 Å². The van der Waals surface area contributed by atoms with Crippen LogP contribution in [0.1, 0.15) is 5.56 Å². The van der Waals surface area contributed by atoms with Gasteiger partial charge in [0.25, 0.3) is 10.0 Å². The highest BCUT2D eigenvalue weighted by Gasteiger charge is 2.22. The third-order valence-electron chi connectivity index (χ3n) is 6.25. The van der Waals surface area contributed by atoms with Crippen molar-refractivity contribution in [2.75, 3.05) is 64.2 Å². The summed E-state index contributed by atoms with van der Waals surface area (Å²) in [6.45, 7) is 3.98. The number of nitrogens with zero attached hydrogens (tertiary/aromatic N) is 3. The first-order valence-electron chi connectivity index (χ1n) is 11.8. The lowest BCUT2D eigenvalue weighted by Crippen LogP contribution is -2.46. The Kier molecular flexibility index (Phi) is 8.24. The normalized spacial score (nSPS) is 14.2. The number of pyridine rings is 1. The van der Waals surface area contributed by atoms with Crippen molar-refractivity contribution in [1.82, 2.24) is 9.88 Å². The molecule has 0 bridgehead atoms. The molecule has 37 heavy (non-hydrogen) atoms. The largest absolute Gasteiger partial charge is 0.497 e. The average Bonchev–Trinajstić information content (AvgIpc) is 2.93. The first kappa shape index (κ1) is 26.4. The summed E-state index contributed by atoms with van der Waals surface area (Å²) in [7, 11) is 2.65. The molecule has 0 amide bonds. The fourth-order valence-electron chi connectivity index (χ4n) is 4.27. The van der Waals surface area contributed by atoms with Crippen molar-refractivity contribution >= 4 is 21.5 Å². The van der Waals surface area contributed by atoms with Crippen LogP contribution in [0.5, 0.6) is 23.0 Å². The predicted molar refractivity (Wildman–Crippen MR) is 142 cm³/mol. The van der Waals surface area contributed by atoms with Crippen molar-refractivity contribution in [2.24, 2.45) is 0 Å². The van der Waals surface area contributed by atoms with E-state index in [2.05, 4.69) is 19.5 Å². The molecule has 2 heterocycles. The molecule has 0 radical (unpaired) electrons. The van der Waals surface area contributed by atoms with Crippen LogP contribution >= 0.6 is 0 Å². The van der Waals surface area contributed by atoms with Gasteiger partial charge in [0.15, 0.2) is 11.5 Å². The molecule has 0 atom stereocenters. The topological polar surface area (TPSA) is 102 Å². The molecule has 0 aliphatic carbocycles. The van der Waals surface area contributed by atoms with Crippen LogP contribution in [0.4, 0.5) is 11.5 Å². The van der Waals surface area contributed by atoms with E-state index in [0.717, 1.165) is 44.1 Å². The van der Waals surface area contributed by atoms with Crippen molar-refractivity contribution in [1.29, 1.82) is 0 Å². The summed E-state index contributed by atoms with van der Waals surface area (Å²) in [6, 6.07) is 13.7. The molecule has 0 unspecified atom stereocenters. The molecule has 1 saturated heterocycles. The van der Waals surface area contributed by atoms with Crippen molar-refractivity contribution < 1.29 is 27.4 Å². The minimum absolute atomic E-state index is 0.152. The van der Waals surface area contributed by atoms with Crippen molar-refractivity contribution in [3.05, 3.63) is 60.3 Å².